The van der Waals surface area contributed by atoms with Crippen molar-refractivity contribution in [1.29, 1.82) is 0 Å². The fourth-order valence-corrected chi connectivity index (χ4v) is 0.745. The van der Waals surface area contributed by atoms with Crippen LogP contribution < -0.4 is 0 Å². The van der Waals surface area contributed by atoms with Gasteiger partial charge in [-0.1, -0.05) is 0 Å². The zero-order valence-electron chi connectivity index (χ0n) is 8.30. The SMILES string of the molecule is CC(C)N(C)CCCN=N[N+](=O)[O-]. The summed E-state index contributed by atoms with van der Waals surface area (Å²) in [5, 5.41) is 15.2. The van der Waals surface area contributed by atoms with Crippen molar-refractivity contribution in [2.24, 2.45) is 10.3 Å². The molecule has 0 rings (SSSR count). The molecule has 0 aliphatic heterocycles. The van der Waals surface area contributed by atoms with E-state index < -0.39 is 5.03 Å². The Hall–Kier alpha value is -1.04. The second-order valence-corrected chi connectivity index (χ2v) is 3.12. The van der Waals surface area contributed by atoms with Gasteiger partial charge in [0.05, 0.1) is 5.03 Å². The quantitative estimate of drug-likeness (QED) is 0.273. The molecule has 0 aromatic heterocycles. The van der Waals surface area contributed by atoms with Crippen molar-refractivity contribution in [3.63, 3.8) is 0 Å². The second-order valence-electron chi connectivity index (χ2n) is 3.12. The molecular formula is C7H16N4O2. The van der Waals surface area contributed by atoms with Gasteiger partial charge in [0.25, 0.3) is 0 Å². The lowest BCUT2D eigenvalue weighted by Crippen LogP contribution is -2.27. The third-order valence-electron chi connectivity index (χ3n) is 1.79. The number of nitrogens with zero attached hydrogens (tertiary/aromatic N) is 4. The Kier molecular flexibility index (Phi) is 5.96. The molecule has 0 radical (unpaired) electrons. The van der Waals surface area contributed by atoms with E-state index in [1.54, 1.807) is 0 Å². The molecule has 13 heavy (non-hydrogen) atoms. The topological polar surface area (TPSA) is 71.1 Å². The van der Waals surface area contributed by atoms with Crippen LogP contribution in [-0.4, -0.2) is 36.1 Å². The zero-order chi connectivity index (χ0) is 10.3. The summed E-state index contributed by atoms with van der Waals surface area (Å²) in [5.41, 5.74) is 0. The summed E-state index contributed by atoms with van der Waals surface area (Å²) >= 11 is 0. The summed E-state index contributed by atoms with van der Waals surface area (Å²) in [6.07, 6.45) is 0.798. The van der Waals surface area contributed by atoms with Crippen molar-refractivity contribution in [2.45, 2.75) is 26.3 Å². The molecule has 0 fully saturated rings. The molecule has 0 aromatic carbocycles. The lowest BCUT2D eigenvalue weighted by Gasteiger charge is -2.19. The van der Waals surface area contributed by atoms with Gasteiger partial charge in [-0.15, -0.1) is 0 Å². The maximum atomic E-state index is 9.74. The van der Waals surface area contributed by atoms with Crippen LogP contribution >= 0.6 is 0 Å². The first-order valence-electron chi connectivity index (χ1n) is 4.26. The van der Waals surface area contributed by atoms with Gasteiger partial charge in [0.1, 0.15) is 0 Å². The van der Waals surface area contributed by atoms with E-state index in [2.05, 4.69) is 29.1 Å². The summed E-state index contributed by atoms with van der Waals surface area (Å²) in [7, 11) is 2.01. The molecule has 0 N–H and O–H groups in total. The van der Waals surface area contributed by atoms with Gasteiger partial charge in [-0.3, -0.25) is 0 Å². The molecule has 0 aliphatic rings. The number of hydrogen-bond acceptors (Lipinski definition) is 4. The first-order chi connectivity index (χ1) is 6.04. The maximum Gasteiger partial charge on any atom is 0.177 e. The van der Waals surface area contributed by atoms with Crippen molar-refractivity contribution in [2.75, 3.05) is 20.1 Å². The van der Waals surface area contributed by atoms with Gasteiger partial charge in [-0.05, 0) is 20.9 Å². The third-order valence-corrected chi connectivity index (χ3v) is 1.79. The van der Waals surface area contributed by atoms with E-state index in [1.807, 2.05) is 7.05 Å². The Morgan fingerprint density at radius 1 is 1.54 bits per heavy atom. The molecule has 6 nitrogen and oxygen atoms in total. The molecule has 0 spiro atoms. The summed E-state index contributed by atoms with van der Waals surface area (Å²) in [6.45, 7) is 5.49. The summed E-state index contributed by atoms with van der Waals surface area (Å²) in [4.78, 5) is 11.9. The maximum absolute atomic E-state index is 9.74. The number of rotatable bonds is 6. The van der Waals surface area contributed by atoms with Crippen LogP contribution in [0.25, 0.3) is 0 Å². The summed E-state index contributed by atoms with van der Waals surface area (Å²) in [6, 6.07) is 0.493. The van der Waals surface area contributed by atoms with Gasteiger partial charge >= 0.3 is 0 Å². The van der Waals surface area contributed by atoms with Gasteiger partial charge in [-0.2, -0.15) is 0 Å². The van der Waals surface area contributed by atoms with E-state index in [4.69, 9.17) is 0 Å². The highest BCUT2D eigenvalue weighted by molar-refractivity contribution is 4.56. The lowest BCUT2D eigenvalue weighted by molar-refractivity contribution is -0.494. The van der Waals surface area contributed by atoms with Gasteiger partial charge < -0.3 is 15.0 Å². The largest absolute Gasteiger partial charge is 0.337 e. The van der Waals surface area contributed by atoms with Gasteiger partial charge in [0.15, 0.2) is 11.8 Å². The zero-order valence-corrected chi connectivity index (χ0v) is 8.30. The van der Waals surface area contributed by atoms with Crippen LogP contribution in [0.1, 0.15) is 20.3 Å². The Morgan fingerprint density at radius 2 is 2.15 bits per heavy atom. The van der Waals surface area contributed by atoms with Crippen LogP contribution in [-0.2, 0) is 0 Å². The fraction of sp³-hybridized carbons (Fsp3) is 1.00. The predicted octanol–water partition coefficient (Wildman–Crippen LogP) is 1.36. The Bertz CT molecular complexity index is 181. The van der Waals surface area contributed by atoms with Crippen molar-refractivity contribution >= 4 is 0 Å². The molecule has 0 saturated carbocycles. The van der Waals surface area contributed by atoms with Crippen molar-refractivity contribution < 1.29 is 5.03 Å². The average molecular weight is 188 g/mol. The molecule has 6 heteroatoms. The smallest absolute Gasteiger partial charge is 0.177 e. The van der Waals surface area contributed by atoms with Crippen LogP contribution in [0.4, 0.5) is 0 Å². The third kappa shape index (κ3) is 7.32. The first-order valence-corrected chi connectivity index (χ1v) is 4.26. The molecule has 0 amide bonds. The highest BCUT2D eigenvalue weighted by Crippen LogP contribution is 1.95. The summed E-state index contributed by atoms with van der Waals surface area (Å²) < 4.78 is 0. The van der Waals surface area contributed by atoms with Crippen LogP contribution in [0.3, 0.4) is 0 Å². The van der Waals surface area contributed by atoms with Crippen LogP contribution in [0.15, 0.2) is 10.3 Å². The number of nitro groups is 1. The van der Waals surface area contributed by atoms with E-state index in [9.17, 15) is 10.1 Å². The van der Waals surface area contributed by atoms with Crippen molar-refractivity contribution in [3.05, 3.63) is 10.1 Å². The van der Waals surface area contributed by atoms with Gasteiger partial charge in [0, 0.05) is 24.1 Å². The van der Waals surface area contributed by atoms with Crippen LogP contribution in [0.2, 0.25) is 0 Å². The van der Waals surface area contributed by atoms with E-state index in [-0.39, 0.29) is 0 Å². The van der Waals surface area contributed by atoms with E-state index in [0.717, 1.165) is 13.0 Å². The summed E-state index contributed by atoms with van der Waals surface area (Å²) in [5.74, 6) is 0. The van der Waals surface area contributed by atoms with Gasteiger partial charge in [0.2, 0.25) is 0 Å². The minimum atomic E-state index is -0.786. The highest BCUT2D eigenvalue weighted by atomic mass is 16.7. The Morgan fingerprint density at radius 3 is 2.62 bits per heavy atom. The van der Waals surface area contributed by atoms with Crippen LogP contribution in [0.5, 0.6) is 0 Å². The average Bonchev–Trinajstić information content (AvgIpc) is 2.02. The minimum Gasteiger partial charge on any atom is -0.337 e. The van der Waals surface area contributed by atoms with Crippen molar-refractivity contribution in [3.8, 4) is 0 Å². The number of hydrogen-bond donors (Lipinski definition) is 0. The highest BCUT2D eigenvalue weighted by Gasteiger charge is 2.02. The molecule has 0 bridgehead atoms. The molecular weight excluding hydrogens is 172 g/mol. The molecule has 0 aromatic rings. The lowest BCUT2D eigenvalue weighted by atomic mass is 10.3. The standard InChI is InChI=1S/C7H16N4O2/c1-7(2)10(3)6-4-5-8-9-11(12)13/h7H,4-6H2,1-3H3. The predicted molar refractivity (Wildman–Crippen MR) is 49.1 cm³/mol. The first kappa shape index (κ1) is 12.0. The molecule has 0 unspecified atom stereocenters. The van der Waals surface area contributed by atoms with Crippen molar-refractivity contribution in [1.82, 2.24) is 4.90 Å². The monoisotopic (exact) mass is 188 g/mol. The molecule has 0 heterocycles. The minimum absolute atomic E-state index is 0.415. The van der Waals surface area contributed by atoms with E-state index in [1.165, 1.54) is 0 Å². The molecule has 0 aliphatic carbocycles. The Balaban J connectivity index is 3.40. The molecule has 0 atom stereocenters. The Labute approximate surface area is 77.8 Å². The molecule has 0 saturated heterocycles. The second kappa shape index (κ2) is 6.47. The van der Waals surface area contributed by atoms with Gasteiger partial charge in [-0.25, -0.2) is 0 Å². The normalized spacial score (nSPS) is 11.8. The fourth-order valence-electron chi connectivity index (χ4n) is 0.745. The van der Waals surface area contributed by atoms with E-state index in [0.29, 0.717) is 12.6 Å². The molecule has 76 valence electrons. The van der Waals surface area contributed by atoms with Crippen LogP contribution in [0, 0.1) is 10.1 Å². The van der Waals surface area contributed by atoms with E-state index >= 15 is 0 Å².